The number of hydrogen-bond donors (Lipinski definition) is 2. The summed E-state index contributed by atoms with van der Waals surface area (Å²) in [5.74, 6) is -0.327. The van der Waals surface area contributed by atoms with E-state index in [1.54, 1.807) is 13.0 Å². The van der Waals surface area contributed by atoms with Gasteiger partial charge in [-0.05, 0) is 19.4 Å². The minimum atomic E-state index is -0.898. The number of hydrogen-bond acceptors (Lipinski definition) is 3. The molecule has 1 rings (SSSR count). The van der Waals surface area contributed by atoms with Crippen LogP contribution in [-0.2, 0) is 0 Å². The molecule has 1 aromatic heterocycles. The molecule has 4 nitrogen and oxygen atoms in total. The summed E-state index contributed by atoms with van der Waals surface area (Å²) in [6.07, 6.45) is 3.48. The van der Waals surface area contributed by atoms with Gasteiger partial charge >= 0.3 is 0 Å². The Morgan fingerprint density at radius 3 is 2.94 bits per heavy atom. The number of aromatic nitrogens is 1. The largest absolute Gasteiger partial charge is 0.388 e. The zero-order chi connectivity index (χ0) is 12.2. The lowest BCUT2D eigenvalue weighted by atomic mass is 10.0. The first-order valence-electron chi connectivity index (χ1n) is 5.06. The first-order valence-corrected chi connectivity index (χ1v) is 5.44. The Balaban J connectivity index is 2.64. The molecule has 0 radical (unpaired) electrons. The van der Waals surface area contributed by atoms with Gasteiger partial charge in [-0.1, -0.05) is 18.5 Å². The van der Waals surface area contributed by atoms with Crippen molar-refractivity contribution in [2.45, 2.75) is 25.9 Å². The fraction of sp³-hybridized carbons (Fsp3) is 0.455. The van der Waals surface area contributed by atoms with Crippen LogP contribution in [0.2, 0.25) is 5.02 Å². The van der Waals surface area contributed by atoms with Gasteiger partial charge in [0.05, 0.1) is 16.2 Å². The van der Waals surface area contributed by atoms with Crippen molar-refractivity contribution in [3.8, 4) is 0 Å². The summed E-state index contributed by atoms with van der Waals surface area (Å²) < 4.78 is 0. The fourth-order valence-corrected chi connectivity index (χ4v) is 1.23. The molecule has 16 heavy (non-hydrogen) atoms. The molecule has 0 bridgehead atoms. The zero-order valence-electron chi connectivity index (χ0n) is 9.33. The summed E-state index contributed by atoms with van der Waals surface area (Å²) in [6, 6.07) is 1.55. The second-order valence-electron chi connectivity index (χ2n) is 3.89. The van der Waals surface area contributed by atoms with E-state index in [1.165, 1.54) is 12.4 Å². The first-order chi connectivity index (χ1) is 7.46. The smallest absolute Gasteiger partial charge is 0.254 e. The molecule has 1 unspecified atom stereocenters. The number of halogens is 1. The average molecular weight is 243 g/mol. The molecule has 1 atom stereocenters. The normalized spacial score (nSPS) is 14.2. The van der Waals surface area contributed by atoms with E-state index in [0.29, 0.717) is 17.0 Å². The molecule has 0 aliphatic heterocycles. The van der Waals surface area contributed by atoms with Crippen molar-refractivity contribution >= 4 is 17.5 Å². The van der Waals surface area contributed by atoms with Crippen LogP contribution in [0.1, 0.15) is 30.6 Å². The molecular weight excluding hydrogens is 228 g/mol. The predicted molar refractivity (Wildman–Crippen MR) is 62.5 cm³/mol. The van der Waals surface area contributed by atoms with E-state index in [4.69, 9.17) is 11.6 Å². The number of rotatable bonds is 4. The Morgan fingerprint density at radius 2 is 2.38 bits per heavy atom. The van der Waals surface area contributed by atoms with E-state index in [-0.39, 0.29) is 12.5 Å². The zero-order valence-corrected chi connectivity index (χ0v) is 10.1. The topological polar surface area (TPSA) is 62.2 Å². The quantitative estimate of drug-likeness (QED) is 0.844. The molecule has 5 heteroatoms. The third-order valence-corrected chi connectivity index (χ3v) is 2.73. The van der Waals surface area contributed by atoms with E-state index in [9.17, 15) is 9.90 Å². The highest BCUT2D eigenvalue weighted by Crippen LogP contribution is 2.13. The Labute approximate surface area is 99.6 Å². The number of aliphatic hydroxyl groups is 1. The van der Waals surface area contributed by atoms with Crippen molar-refractivity contribution in [3.05, 3.63) is 29.0 Å². The van der Waals surface area contributed by atoms with Crippen LogP contribution >= 0.6 is 11.6 Å². The maximum absolute atomic E-state index is 11.7. The summed E-state index contributed by atoms with van der Waals surface area (Å²) in [5, 5.41) is 12.7. The number of pyridine rings is 1. The molecule has 88 valence electrons. The van der Waals surface area contributed by atoms with Crippen LogP contribution in [0, 0.1) is 0 Å². The van der Waals surface area contributed by atoms with Gasteiger partial charge in [-0.25, -0.2) is 0 Å². The van der Waals surface area contributed by atoms with Gasteiger partial charge in [0.15, 0.2) is 0 Å². The van der Waals surface area contributed by atoms with Gasteiger partial charge in [0.25, 0.3) is 5.91 Å². The van der Waals surface area contributed by atoms with Crippen LogP contribution in [-0.4, -0.2) is 28.1 Å². The van der Waals surface area contributed by atoms with Gasteiger partial charge in [-0.3, -0.25) is 9.78 Å². The molecule has 0 aromatic carbocycles. The molecule has 1 heterocycles. The van der Waals surface area contributed by atoms with Crippen LogP contribution in [0.5, 0.6) is 0 Å². The Morgan fingerprint density at radius 1 is 1.69 bits per heavy atom. The van der Waals surface area contributed by atoms with Crippen molar-refractivity contribution in [3.63, 3.8) is 0 Å². The Bertz CT molecular complexity index is 380. The van der Waals surface area contributed by atoms with Crippen LogP contribution in [0.3, 0.4) is 0 Å². The number of nitrogens with zero attached hydrogens (tertiary/aromatic N) is 1. The lowest BCUT2D eigenvalue weighted by Gasteiger charge is -2.21. The lowest BCUT2D eigenvalue weighted by Crippen LogP contribution is -2.40. The third kappa shape index (κ3) is 3.47. The Kier molecular flexibility index (Phi) is 4.26. The average Bonchev–Trinajstić information content (AvgIpc) is 2.27. The van der Waals surface area contributed by atoms with E-state index in [1.807, 2.05) is 6.92 Å². The van der Waals surface area contributed by atoms with Gasteiger partial charge in [-0.15, -0.1) is 0 Å². The molecule has 0 aliphatic carbocycles. The van der Waals surface area contributed by atoms with Crippen LogP contribution < -0.4 is 5.32 Å². The molecule has 1 aromatic rings. The van der Waals surface area contributed by atoms with Crippen molar-refractivity contribution in [1.29, 1.82) is 0 Å². The van der Waals surface area contributed by atoms with Crippen molar-refractivity contribution < 1.29 is 9.90 Å². The first kappa shape index (κ1) is 12.9. The molecule has 0 saturated carbocycles. The summed E-state index contributed by atoms with van der Waals surface area (Å²) in [7, 11) is 0. The van der Waals surface area contributed by atoms with E-state index < -0.39 is 5.60 Å². The van der Waals surface area contributed by atoms with Crippen molar-refractivity contribution in [2.75, 3.05) is 6.54 Å². The third-order valence-electron chi connectivity index (χ3n) is 2.40. The number of nitrogens with one attached hydrogen (secondary N) is 1. The molecule has 0 aliphatic rings. The number of carbonyl (C=O) groups is 1. The Hall–Kier alpha value is -1.13. The maximum Gasteiger partial charge on any atom is 0.254 e. The highest BCUT2D eigenvalue weighted by Gasteiger charge is 2.19. The van der Waals surface area contributed by atoms with Gasteiger partial charge < -0.3 is 10.4 Å². The van der Waals surface area contributed by atoms with E-state index in [0.717, 1.165) is 0 Å². The van der Waals surface area contributed by atoms with E-state index >= 15 is 0 Å². The summed E-state index contributed by atoms with van der Waals surface area (Å²) in [5.41, 5.74) is -0.583. The molecule has 0 spiro atoms. The number of amides is 1. The molecule has 0 saturated heterocycles. The van der Waals surface area contributed by atoms with Gasteiger partial charge in [0, 0.05) is 18.9 Å². The predicted octanol–water partition coefficient (Wildman–Crippen LogP) is 1.63. The lowest BCUT2D eigenvalue weighted by molar-refractivity contribution is 0.0518. The van der Waals surface area contributed by atoms with Gasteiger partial charge in [0.1, 0.15) is 0 Å². The van der Waals surface area contributed by atoms with Crippen LogP contribution in [0.15, 0.2) is 18.5 Å². The molecular formula is C11H15ClN2O2. The molecule has 1 amide bonds. The minimum Gasteiger partial charge on any atom is -0.388 e. The summed E-state index contributed by atoms with van der Waals surface area (Å²) in [4.78, 5) is 15.5. The summed E-state index contributed by atoms with van der Waals surface area (Å²) >= 11 is 5.84. The van der Waals surface area contributed by atoms with Gasteiger partial charge in [-0.2, -0.15) is 0 Å². The van der Waals surface area contributed by atoms with Crippen molar-refractivity contribution in [1.82, 2.24) is 10.3 Å². The monoisotopic (exact) mass is 242 g/mol. The maximum atomic E-state index is 11.7. The second kappa shape index (κ2) is 5.27. The second-order valence-corrected chi connectivity index (χ2v) is 4.30. The van der Waals surface area contributed by atoms with Gasteiger partial charge in [0.2, 0.25) is 0 Å². The van der Waals surface area contributed by atoms with E-state index in [2.05, 4.69) is 10.3 Å². The SMILES string of the molecule is CCC(C)(O)CNC(=O)c1cnccc1Cl. The number of carbonyl (C=O) groups excluding carboxylic acids is 1. The highest BCUT2D eigenvalue weighted by atomic mass is 35.5. The molecule has 2 N–H and O–H groups in total. The van der Waals surface area contributed by atoms with Crippen molar-refractivity contribution in [2.24, 2.45) is 0 Å². The van der Waals surface area contributed by atoms with Crippen LogP contribution in [0.25, 0.3) is 0 Å². The molecule has 0 fully saturated rings. The standard InChI is InChI=1S/C11H15ClN2O2/c1-3-11(2,16)7-14-10(15)8-6-13-5-4-9(8)12/h4-6,16H,3,7H2,1-2H3,(H,14,15). The fourth-order valence-electron chi connectivity index (χ4n) is 1.04. The minimum absolute atomic E-state index is 0.188. The van der Waals surface area contributed by atoms with Crippen LogP contribution in [0.4, 0.5) is 0 Å². The summed E-state index contributed by atoms with van der Waals surface area (Å²) in [6.45, 7) is 3.70. The highest BCUT2D eigenvalue weighted by molar-refractivity contribution is 6.33.